The van der Waals surface area contributed by atoms with Crippen molar-refractivity contribution in [3.05, 3.63) is 53.3 Å². The molecule has 11 heteroatoms. The van der Waals surface area contributed by atoms with Crippen LogP contribution in [0.4, 0.5) is 9.52 Å². The maximum absolute atomic E-state index is 13.2. The summed E-state index contributed by atoms with van der Waals surface area (Å²) in [6.07, 6.45) is 0.652. The molecule has 2 heterocycles. The van der Waals surface area contributed by atoms with Crippen molar-refractivity contribution in [1.29, 1.82) is 0 Å². The molecule has 0 spiro atoms. The van der Waals surface area contributed by atoms with Crippen molar-refractivity contribution in [3.8, 4) is 0 Å². The number of benzene rings is 2. The maximum Gasteiger partial charge on any atom is 0.244 e. The van der Waals surface area contributed by atoms with Crippen LogP contribution in [0.15, 0.2) is 47.4 Å². The summed E-state index contributed by atoms with van der Waals surface area (Å²) in [4.78, 5) is 21.3. The molecule has 0 unspecified atom stereocenters. The molecule has 33 heavy (non-hydrogen) atoms. The molecule has 7 nitrogen and oxygen atoms in total. The molecule has 4 rings (SSSR count). The number of thiazole rings is 1. The van der Waals surface area contributed by atoms with Crippen molar-refractivity contribution in [3.63, 3.8) is 0 Å². The Morgan fingerprint density at radius 2 is 1.91 bits per heavy atom. The van der Waals surface area contributed by atoms with Crippen LogP contribution < -0.4 is 4.90 Å². The fourth-order valence-corrected chi connectivity index (χ4v) is 6.06. The number of anilines is 1. The number of sulfone groups is 1. The van der Waals surface area contributed by atoms with E-state index in [1.165, 1.54) is 28.4 Å². The molecule has 3 aromatic rings. The molecule has 2 aromatic carbocycles. The van der Waals surface area contributed by atoms with Crippen LogP contribution in [0.5, 0.6) is 0 Å². The monoisotopic (exact) mass is 511 g/mol. The molecule has 0 saturated carbocycles. The van der Waals surface area contributed by atoms with Crippen LogP contribution in [0.3, 0.4) is 0 Å². The van der Waals surface area contributed by atoms with E-state index in [0.29, 0.717) is 41.9 Å². The van der Waals surface area contributed by atoms with Gasteiger partial charge in [0.05, 0.1) is 28.3 Å². The topological polar surface area (TPSA) is 79.8 Å². The lowest BCUT2D eigenvalue weighted by molar-refractivity contribution is -0.116. The Bertz CT molecular complexity index is 1230. The van der Waals surface area contributed by atoms with Gasteiger partial charge in [-0.05, 0) is 48.9 Å². The van der Waals surface area contributed by atoms with Gasteiger partial charge >= 0.3 is 0 Å². The first kappa shape index (κ1) is 24.0. The highest BCUT2D eigenvalue weighted by atomic mass is 35.5. The van der Waals surface area contributed by atoms with Gasteiger partial charge in [-0.25, -0.2) is 17.8 Å². The molecule has 1 fully saturated rings. The van der Waals surface area contributed by atoms with E-state index in [1.54, 1.807) is 18.2 Å². The van der Waals surface area contributed by atoms with Crippen LogP contribution in [0.1, 0.15) is 6.42 Å². The van der Waals surface area contributed by atoms with Crippen molar-refractivity contribution in [1.82, 2.24) is 9.88 Å². The summed E-state index contributed by atoms with van der Waals surface area (Å²) in [6, 6.07) is 9.72. The maximum atomic E-state index is 13.2. The molecule has 176 valence electrons. The van der Waals surface area contributed by atoms with Crippen molar-refractivity contribution < 1.29 is 22.3 Å². The lowest BCUT2D eigenvalue weighted by Crippen LogP contribution is -2.40. The third-order valence-electron chi connectivity index (χ3n) is 5.32. The number of nitrogens with zero attached hydrogens (tertiary/aromatic N) is 3. The highest BCUT2D eigenvalue weighted by Crippen LogP contribution is 2.31. The van der Waals surface area contributed by atoms with Crippen LogP contribution in [-0.2, 0) is 19.4 Å². The average molecular weight is 512 g/mol. The lowest BCUT2D eigenvalue weighted by Gasteiger charge is -2.27. The number of aromatic nitrogens is 1. The molecule has 0 aliphatic carbocycles. The normalized spacial score (nSPS) is 15.1. The molecular weight excluding hydrogens is 489 g/mol. The molecule has 0 atom stereocenters. The van der Waals surface area contributed by atoms with Crippen LogP contribution in [0.25, 0.3) is 10.2 Å². The minimum absolute atomic E-state index is 0.0957. The Morgan fingerprint density at radius 1 is 1.18 bits per heavy atom. The molecule has 0 radical (unpaired) electrons. The number of ether oxygens (including phenoxy) is 1. The van der Waals surface area contributed by atoms with Crippen LogP contribution in [0, 0.1) is 5.82 Å². The number of morpholine rings is 1. The summed E-state index contributed by atoms with van der Waals surface area (Å²) in [6.45, 7) is 4.09. The summed E-state index contributed by atoms with van der Waals surface area (Å²) in [5.74, 6) is -1.85. The SMILES string of the molecule is O=C(CS(=O)(=O)c1ccc(F)cc1)N(CCCN1CCOCC1)c1nc2ccc(Cl)cc2s1. The van der Waals surface area contributed by atoms with Crippen molar-refractivity contribution in [2.45, 2.75) is 11.3 Å². The van der Waals surface area contributed by atoms with Crippen LogP contribution in [0.2, 0.25) is 5.02 Å². The highest BCUT2D eigenvalue weighted by molar-refractivity contribution is 7.92. The van der Waals surface area contributed by atoms with Gasteiger partial charge in [0.15, 0.2) is 15.0 Å². The third-order valence-corrected chi connectivity index (χ3v) is 8.21. The van der Waals surface area contributed by atoms with Crippen molar-refractivity contribution >= 4 is 54.0 Å². The van der Waals surface area contributed by atoms with E-state index >= 15 is 0 Å². The zero-order valence-corrected chi connectivity index (χ0v) is 20.1. The summed E-state index contributed by atoms with van der Waals surface area (Å²) >= 11 is 7.37. The van der Waals surface area contributed by atoms with Crippen molar-refractivity contribution in [2.75, 3.05) is 50.0 Å². The molecule has 1 aliphatic heterocycles. The van der Waals surface area contributed by atoms with E-state index in [1.807, 2.05) is 0 Å². The van der Waals surface area contributed by atoms with E-state index in [0.717, 1.165) is 36.5 Å². The quantitative estimate of drug-likeness (QED) is 0.430. The fraction of sp³-hybridized carbons (Fsp3) is 0.364. The lowest BCUT2D eigenvalue weighted by atomic mass is 10.3. The number of fused-ring (bicyclic) bond motifs is 1. The van der Waals surface area contributed by atoms with E-state index in [4.69, 9.17) is 16.3 Å². The highest BCUT2D eigenvalue weighted by Gasteiger charge is 2.27. The predicted octanol–water partition coefficient (Wildman–Crippen LogP) is 3.62. The number of halogens is 2. The zero-order valence-electron chi connectivity index (χ0n) is 17.7. The molecular formula is C22H23ClFN3O4S2. The second-order valence-electron chi connectivity index (χ2n) is 7.67. The summed E-state index contributed by atoms with van der Waals surface area (Å²) in [7, 11) is -3.94. The third kappa shape index (κ3) is 6.07. The van der Waals surface area contributed by atoms with E-state index in [9.17, 15) is 17.6 Å². The van der Waals surface area contributed by atoms with E-state index in [2.05, 4.69) is 9.88 Å². The first-order valence-electron chi connectivity index (χ1n) is 10.5. The summed E-state index contributed by atoms with van der Waals surface area (Å²) in [5.41, 5.74) is 0.687. The molecule has 0 bridgehead atoms. The number of hydrogen-bond acceptors (Lipinski definition) is 7. The van der Waals surface area contributed by atoms with Gasteiger partial charge in [-0.1, -0.05) is 22.9 Å². The number of rotatable bonds is 8. The number of carbonyl (C=O) groups is 1. The standard InChI is InChI=1S/C22H23ClFN3O4S2/c23-16-2-7-19-20(14-16)32-22(25-19)27(9-1-8-26-10-12-31-13-11-26)21(28)15-33(29,30)18-5-3-17(24)4-6-18/h2-7,14H,1,8-13,15H2. The van der Waals surface area contributed by atoms with Crippen LogP contribution in [-0.4, -0.2) is 69.4 Å². The molecule has 1 saturated heterocycles. The van der Waals surface area contributed by atoms with E-state index in [-0.39, 0.29) is 4.90 Å². The molecule has 0 N–H and O–H groups in total. The zero-order chi connectivity index (χ0) is 23.4. The molecule has 1 aliphatic rings. The Kier molecular flexibility index (Phi) is 7.60. The van der Waals surface area contributed by atoms with Gasteiger partial charge in [-0.2, -0.15) is 0 Å². The van der Waals surface area contributed by atoms with Gasteiger partial charge in [0.2, 0.25) is 5.91 Å². The average Bonchev–Trinajstić information content (AvgIpc) is 3.20. The Hall–Kier alpha value is -2.11. The minimum Gasteiger partial charge on any atom is -0.379 e. The second-order valence-corrected chi connectivity index (χ2v) is 11.1. The number of hydrogen-bond donors (Lipinski definition) is 0. The van der Waals surface area contributed by atoms with Gasteiger partial charge in [-0.15, -0.1) is 0 Å². The summed E-state index contributed by atoms with van der Waals surface area (Å²) in [5, 5.41) is 0.982. The Morgan fingerprint density at radius 3 is 2.64 bits per heavy atom. The van der Waals surface area contributed by atoms with Crippen molar-refractivity contribution in [2.24, 2.45) is 0 Å². The first-order valence-corrected chi connectivity index (χ1v) is 13.3. The van der Waals surface area contributed by atoms with Gasteiger partial charge in [0.25, 0.3) is 0 Å². The smallest absolute Gasteiger partial charge is 0.244 e. The van der Waals surface area contributed by atoms with E-state index < -0.39 is 27.3 Å². The largest absolute Gasteiger partial charge is 0.379 e. The number of carbonyl (C=O) groups excluding carboxylic acids is 1. The van der Waals surface area contributed by atoms with Gasteiger partial charge in [0.1, 0.15) is 11.6 Å². The predicted molar refractivity (Wildman–Crippen MR) is 127 cm³/mol. The second kappa shape index (κ2) is 10.4. The Balaban J connectivity index is 1.55. The fourth-order valence-electron chi connectivity index (χ4n) is 3.57. The molecule has 1 aromatic heterocycles. The number of amides is 1. The van der Waals surface area contributed by atoms with Crippen LogP contribution >= 0.6 is 22.9 Å². The Labute approximate surface area is 200 Å². The van der Waals surface area contributed by atoms with Gasteiger partial charge in [-0.3, -0.25) is 14.6 Å². The van der Waals surface area contributed by atoms with Gasteiger partial charge in [0, 0.05) is 31.2 Å². The van der Waals surface area contributed by atoms with Gasteiger partial charge < -0.3 is 4.74 Å². The minimum atomic E-state index is -3.94. The summed E-state index contributed by atoms with van der Waals surface area (Å²) < 4.78 is 45.0. The molecule has 1 amide bonds. The first-order chi connectivity index (χ1) is 15.8.